The van der Waals surface area contributed by atoms with Crippen molar-refractivity contribution in [1.29, 1.82) is 0 Å². The Bertz CT molecular complexity index is 1280. The first-order chi connectivity index (χ1) is 23.9. The lowest BCUT2D eigenvalue weighted by atomic mass is 9.89. The summed E-state index contributed by atoms with van der Waals surface area (Å²) in [7, 11) is 0. The van der Waals surface area contributed by atoms with Crippen LogP contribution in [0.15, 0.2) is 65.3 Å². The molecule has 4 heterocycles. The van der Waals surface area contributed by atoms with E-state index < -0.39 is 12.1 Å². The van der Waals surface area contributed by atoms with Crippen molar-refractivity contribution in [1.82, 2.24) is 20.5 Å². The van der Waals surface area contributed by atoms with Gasteiger partial charge in [-0.3, -0.25) is 4.79 Å². The third-order valence-corrected chi connectivity index (χ3v) is 7.91. The van der Waals surface area contributed by atoms with Crippen LogP contribution in [0.5, 0.6) is 5.75 Å². The minimum atomic E-state index is -1.13. The van der Waals surface area contributed by atoms with Gasteiger partial charge in [0.1, 0.15) is 12.0 Å². The normalized spacial score (nSPS) is 16.5. The fourth-order valence-corrected chi connectivity index (χ4v) is 5.55. The highest BCUT2D eigenvalue weighted by atomic mass is 16.7. The summed E-state index contributed by atoms with van der Waals surface area (Å²) in [4.78, 5) is 30.5. The van der Waals surface area contributed by atoms with Crippen molar-refractivity contribution in [3.8, 4) is 5.75 Å². The standard InChI is InChI=1S/C27H33N3O7.C7H13N.2C2H6/c1-3-34-24(35-4-2)14-9-15-28-26(31)22-17-37-23(29-22)18-36-21-13-8-12-20(16-21)25(30-27(32)33)19-10-6-5-7-11-19;1-4-8-5-2-7(1)3-6-8;2*1-2/h5-8,10-13,16-17,24-25,30H,3-4,9,14-15,18H2,1-2H3,(H,28,31)(H,32,33);7H,1-6H2;2*1-2H3. The number of aromatic nitrogens is 1. The minimum absolute atomic E-state index is 0.00346. The molecule has 3 aromatic rings. The molecule has 2 amide bonds. The van der Waals surface area contributed by atoms with Gasteiger partial charge < -0.3 is 39.3 Å². The van der Waals surface area contributed by atoms with E-state index >= 15 is 0 Å². The predicted octanol–water partition coefficient (Wildman–Crippen LogP) is 7.67. The number of ether oxygens (including phenoxy) is 3. The van der Waals surface area contributed by atoms with E-state index in [1.54, 1.807) is 18.2 Å². The third-order valence-electron chi connectivity index (χ3n) is 7.91. The molecule has 1 unspecified atom stereocenters. The fourth-order valence-electron chi connectivity index (χ4n) is 5.55. The SMILES string of the molecule is C1CN2CCC1CC2.CC.CC.CCOC(CCCNC(=O)c1coc(COc2cccc(C(NC(=O)O)c3ccccc3)c2)n1)OCC. The number of carboxylic acid groups (broad SMARTS) is 1. The fraction of sp³-hybridized carbons (Fsp3) is 0.553. The van der Waals surface area contributed by atoms with Crippen LogP contribution in [0.2, 0.25) is 0 Å². The summed E-state index contributed by atoms with van der Waals surface area (Å²) >= 11 is 0. The number of piperidine rings is 3. The monoisotopic (exact) mass is 682 g/mol. The molecule has 0 radical (unpaired) electrons. The van der Waals surface area contributed by atoms with Gasteiger partial charge in [0.2, 0.25) is 5.89 Å². The number of benzene rings is 2. The summed E-state index contributed by atoms with van der Waals surface area (Å²) in [5, 5.41) is 14.7. The van der Waals surface area contributed by atoms with E-state index in [1.165, 1.54) is 45.2 Å². The van der Waals surface area contributed by atoms with Crippen molar-refractivity contribution in [3.05, 3.63) is 83.6 Å². The number of nitrogens with zero attached hydrogens (tertiary/aromatic N) is 2. The van der Waals surface area contributed by atoms with Gasteiger partial charge in [-0.1, -0.05) is 70.2 Å². The molecule has 1 aromatic heterocycles. The maximum absolute atomic E-state index is 12.4. The summed E-state index contributed by atoms with van der Waals surface area (Å²) in [6.07, 6.45) is 5.71. The maximum Gasteiger partial charge on any atom is 0.405 e. The van der Waals surface area contributed by atoms with Gasteiger partial charge >= 0.3 is 6.09 Å². The van der Waals surface area contributed by atoms with Gasteiger partial charge in [0.25, 0.3) is 5.91 Å². The summed E-state index contributed by atoms with van der Waals surface area (Å²) in [5.41, 5.74) is 1.68. The number of rotatable bonds is 15. The van der Waals surface area contributed by atoms with Gasteiger partial charge in [-0.2, -0.15) is 0 Å². The Morgan fingerprint density at radius 3 is 2.12 bits per heavy atom. The molecule has 3 N–H and O–H groups in total. The van der Waals surface area contributed by atoms with Crippen LogP contribution >= 0.6 is 0 Å². The van der Waals surface area contributed by atoms with E-state index in [9.17, 15) is 14.7 Å². The molecule has 2 aromatic carbocycles. The van der Waals surface area contributed by atoms with Crippen LogP contribution in [0.4, 0.5) is 4.79 Å². The van der Waals surface area contributed by atoms with Gasteiger partial charge in [0, 0.05) is 26.2 Å². The zero-order chi connectivity index (χ0) is 35.9. The van der Waals surface area contributed by atoms with Gasteiger partial charge in [-0.15, -0.1) is 0 Å². The first-order valence-electron chi connectivity index (χ1n) is 17.9. The van der Waals surface area contributed by atoms with E-state index in [0.717, 1.165) is 17.0 Å². The first-order valence-corrected chi connectivity index (χ1v) is 17.9. The highest BCUT2D eigenvalue weighted by Gasteiger charge is 2.24. The van der Waals surface area contributed by atoms with Crippen molar-refractivity contribution in [2.24, 2.45) is 5.92 Å². The first kappa shape index (κ1) is 41.2. The molecule has 2 bridgehead atoms. The average molecular weight is 683 g/mol. The average Bonchev–Trinajstić information content (AvgIpc) is 3.64. The molecule has 6 rings (SSSR count). The largest absolute Gasteiger partial charge is 0.484 e. The molecule has 11 nitrogen and oxygen atoms in total. The van der Waals surface area contributed by atoms with E-state index in [1.807, 2.05) is 77.9 Å². The van der Waals surface area contributed by atoms with Crippen molar-refractivity contribution < 1.29 is 33.3 Å². The highest BCUT2D eigenvalue weighted by Crippen LogP contribution is 2.27. The number of fused-ring (bicyclic) bond motifs is 3. The quantitative estimate of drug-likeness (QED) is 0.109. The Kier molecular flexibility index (Phi) is 20.4. The zero-order valence-corrected chi connectivity index (χ0v) is 30.3. The second-order valence-corrected chi connectivity index (χ2v) is 11.1. The summed E-state index contributed by atoms with van der Waals surface area (Å²) < 4.78 is 22.2. The second-order valence-electron chi connectivity index (χ2n) is 11.1. The van der Waals surface area contributed by atoms with E-state index in [0.29, 0.717) is 38.3 Å². The smallest absolute Gasteiger partial charge is 0.405 e. The number of amides is 2. The van der Waals surface area contributed by atoms with Crippen LogP contribution < -0.4 is 15.4 Å². The molecule has 272 valence electrons. The molecule has 0 saturated carbocycles. The molecular weight excluding hydrogens is 624 g/mol. The third kappa shape index (κ3) is 15.0. The van der Waals surface area contributed by atoms with E-state index in [-0.39, 0.29) is 30.4 Å². The summed E-state index contributed by atoms with van der Waals surface area (Å²) in [5.74, 6) is 1.52. The molecular formula is C38H58N4O7. The molecule has 3 aliphatic heterocycles. The molecule has 11 heteroatoms. The lowest BCUT2D eigenvalue weighted by Gasteiger charge is -2.38. The van der Waals surface area contributed by atoms with Gasteiger partial charge in [0.05, 0.1) is 6.04 Å². The van der Waals surface area contributed by atoms with Crippen LogP contribution in [-0.4, -0.2) is 72.7 Å². The minimum Gasteiger partial charge on any atom is -0.484 e. The van der Waals surface area contributed by atoms with Crippen molar-refractivity contribution in [2.75, 3.05) is 39.4 Å². The highest BCUT2D eigenvalue weighted by molar-refractivity contribution is 5.91. The molecule has 1 atom stereocenters. The van der Waals surface area contributed by atoms with Crippen LogP contribution in [0.1, 0.15) is 107 Å². The van der Waals surface area contributed by atoms with Crippen LogP contribution in [0, 0.1) is 5.92 Å². The molecule has 0 aliphatic carbocycles. The number of carbonyl (C=O) groups excluding carboxylic acids is 1. The van der Waals surface area contributed by atoms with Crippen LogP contribution in [0.3, 0.4) is 0 Å². The molecule has 3 saturated heterocycles. The summed E-state index contributed by atoms with van der Waals surface area (Å²) in [6, 6.07) is 15.8. The Hall–Kier alpha value is -3.93. The van der Waals surface area contributed by atoms with Gasteiger partial charge in [-0.25, -0.2) is 9.78 Å². The van der Waals surface area contributed by atoms with Crippen molar-refractivity contribution >= 4 is 12.0 Å². The maximum atomic E-state index is 12.4. The molecule has 3 fully saturated rings. The molecule has 0 spiro atoms. The Morgan fingerprint density at radius 2 is 1.57 bits per heavy atom. The van der Waals surface area contributed by atoms with E-state index in [2.05, 4.69) is 20.5 Å². The second kappa shape index (κ2) is 24.2. The van der Waals surface area contributed by atoms with Gasteiger partial charge in [-0.05, 0) is 88.3 Å². The Labute approximate surface area is 292 Å². The number of hydrogen-bond donors (Lipinski definition) is 3. The van der Waals surface area contributed by atoms with Gasteiger partial charge in [0.15, 0.2) is 18.6 Å². The van der Waals surface area contributed by atoms with Crippen molar-refractivity contribution in [2.45, 2.75) is 92.6 Å². The van der Waals surface area contributed by atoms with Crippen molar-refractivity contribution in [3.63, 3.8) is 0 Å². The molecule has 49 heavy (non-hydrogen) atoms. The lowest BCUT2D eigenvalue weighted by Crippen LogP contribution is -2.41. The zero-order valence-electron chi connectivity index (χ0n) is 30.3. The lowest BCUT2D eigenvalue weighted by molar-refractivity contribution is -0.139. The molecule has 3 aliphatic rings. The predicted molar refractivity (Wildman–Crippen MR) is 192 cm³/mol. The summed E-state index contributed by atoms with van der Waals surface area (Å²) in [6.45, 7) is 17.6. The van der Waals surface area contributed by atoms with Crippen LogP contribution in [0.25, 0.3) is 0 Å². The number of carbonyl (C=O) groups is 2. The topological polar surface area (TPSA) is 135 Å². The Balaban J connectivity index is 0.000000585. The van der Waals surface area contributed by atoms with Crippen LogP contribution in [-0.2, 0) is 16.1 Å². The number of nitrogens with one attached hydrogen (secondary N) is 2. The number of hydrogen-bond acceptors (Lipinski definition) is 8. The Morgan fingerprint density at radius 1 is 0.939 bits per heavy atom. The van der Waals surface area contributed by atoms with E-state index in [4.69, 9.17) is 18.6 Å². The number of oxazole rings is 1.